The predicted molar refractivity (Wildman–Crippen MR) is 67.1 cm³/mol. The van der Waals surface area contributed by atoms with Gasteiger partial charge in [-0.2, -0.15) is 4.31 Å². The summed E-state index contributed by atoms with van der Waals surface area (Å²) in [5.41, 5.74) is 5.35. The molecule has 1 unspecified atom stereocenters. The summed E-state index contributed by atoms with van der Waals surface area (Å²) in [4.78, 5) is -0.419. The van der Waals surface area contributed by atoms with Gasteiger partial charge in [0.05, 0.1) is 4.90 Å². The van der Waals surface area contributed by atoms with Crippen LogP contribution in [0.25, 0.3) is 0 Å². The Morgan fingerprint density at radius 2 is 1.72 bits per heavy atom. The van der Waals surface area contributed by atoms with Crippen LogP contribution in [0.2, 0.25) is 0 Å². The largest absolute Gasteiger partial charge is 0.329 e. The molecule has 0 aromatic heterocycles. The average molecular weight is 301 g/mol. The number of sulfonamides is 1. The second kappa shape index (κ2) is 6.42. The second-order valence-corrected chi connectivity index (χ2v) is 5.71. The van der Waals surface area contributed by atoms with Crippen molar-refractivity contribution in [1.82, 2.24) is 4.31 Å². The maximum atomic E-state index is 13.0. The molecule has 0 amide bonds. The van der Waals surface area contributed by atoms with Crippen molar-refractivity contribution in [3.8, 4) is 0 Å². The first-order valence-corrected chi connectivity index (χ1v) is 6.37. The summed E-state index contributed by atoms with van der Waals surface area (Å²) in [7, 11) is -2.61. The third-order valence-electron chi connectivity index (χ3n) is 2.47. The minimum atomic E-state index is -3.92. The number of halogens is 3. The standard InChI is InChI=1S/C10H14F2N2O2S.ClH/c1-7(6-13)14(2)17(15,16)10-4-8(11)3-9(12)5-10;/h3-5,7H,6,13H2,1-2H3;1H. The minimum absolute atomic E-state index is 0. The van der Waals surface area contributed by atoms with Crippen LogP contribution in [-0.4, -0.2) is 32.4 Å². The Morgan fingerprint density at radius 3 is 2.11 bits per heavy atom. The van der Waals surface area contributed by atoms with Gasteiger partial charge in [-0.3, -0.25) is 0 Å². The van der Waals surface area contributed by atoms with E-state index in [1.54, 1.807) is 6.92 Å². The highest BCUT2D eigenvalue weighted by molar-refractivity contribution is 7.89. The fourth-order valence-corrected chi connectivity index (χ4v) is 2.64. The van der Waals surface area contributed by atoms with Gasteiger partial charge in [-0.1, -0.05) is 0 Å². The zero-order valence-corrected chi connectivity index (χ0v) is 11.6. The summed E-state index contributed by atoms with van der Waals surface area (Å²) in [5, 5.41) is 0. The van der Waals surface area contributed by atoms with Gasteiger partial charge in [0.25, 0.3) is 0 Å². The Labute approximate surface area is 111 Å². The van der Waals surface area contributed by atoms with Crippen molar-refractivity contribution in [2.24, 2.45) is 5.73 Å². The molecule has 0 radical (unpaired) electrons. The van der Waals surface area contributed by atoms with Gasteiger partial charge >= 0.3 is 0 Å². The van der Waals surface area contributed by atoms with Crippen LogP contribution in [0.5, 0.6) is 0 Å². The zero-order valence-electron chi connectivity index (χ0n) is 9.93. The van der Waals surface area contributed by atoms with Crippen molar-refractivity contribution in [2.75, 3.05) is 13.6 Å². The van der Waals surface area contributed by atoms with Crippen LogP contribution in [0.15, 0.2) is 23.1 Å². The summed E-state index contributed by atoms with van der Waals surface area (Å²) < 4.78 is 50.8. The van der Waals surface area contributed by atoms with E-state index in [4.69, 9.17) is 5.73 Å². The summed E-state index contributed by atoms with van der Waals surface area (Å²) >= 11 is 0. The molecule has 1 aromatic rings. The highest BCUT2D eigenvalue weighted by atomic mass is 35.5. The predicted octanol–water partition coefficient (Wildman–Crippen LogP) is 1.35. The molecule has 104 valence electrons. The Balaban J connectivity index is 0.00000289. The van der Waals surface area contributed by atoms with Crippen LogP contribution in [0.3, 0.4) is 0 Å². The van der Waals surface area contributed by atoms with Crippen molar-refractivity contribution >= 4 is 22.4 Å². The molecule has 2 N–H and O–H groups in total. The van der Waals surface area contributed by atoms with Crippen molar-refractivity contribution in [1.29, 1.82) is 0 Å². The molecular formula is C10H15ClF2N2O2S. The molecular weight excluding hydrogens is 286 g/mol. The fourth-order valence-electron chi connectivity index (χ4n) is 1.23. The molecule has 18 heavy (non-hydrogen) atoms. The lowest BCUT2D eigenvalue weighted by molar-refractivity contribution is 0.394. The molecule has 0 aliphatic heterocycles. The fraction of sp³-hybridized carbons (Fsp3) is 0.400. The third-order valence-corrected chi connectivity index (χ3v) is 4.42. The highest BCUT2D eigenvalue weighted by Gasteiger charge is 2.25. The first-order valence-electron chi connectivity index (χ1n) is 4.93. The molecule has 0 fully saturated rings. The lowest BCUT2D eigenvalue weighted by Gasteiger charge is -2.22. The molecule has 1 aromatic carbocycles. The van der Waals surface area contributed by atoms with Gasteiger partial charge < -0.3 is 5.73 Å². The van der Waals surface area contributed by atoms with Crippen molar-refractivity contribution in [2.45, 2.75) is 17.9 Å². The van der Waals surface area contributed by atoms with E-state index in [1.165, 1.54) is 7.05 Å². The van der Waals surface area contributed by atoms with Gasteiger partial charge in [0, 0.05) is 25.7 Å². The van der Waals surface area contributed by atoms with Crippen molar-refractivity contribution < 1.29 is 17.2 Å². The molecule has 0 saturated heterocycles. The number of rotatable bonds is 4. The molecule has 0 saturated carbocycles. The second-order valence-electron chi connectivity index (χ2n) is 3.71. The molecule has 0 bridgehead atoms. The smallest absolute Gasteiger partial charge is 0.243 e. The number of hydrogen-bond acceptors (Lipinski definition) is 3. The summed E-state index contributed by atoms with van der Waals surface area (Å²) in [6, 6.07) is 1.72. The Morgan fingerprint density at radius 1 is 1.28 bits per heavy atom. The van der Waals surface area contributed by atoms with Gasteiger partial charge in [0.2, 0.25) is 10.0 Å². The van der Waals surface area contributed by atoms with Crippen LogP contribution in [0.1, 0.15) is 6.92 Å². The molecule has 0 aliphatic rings. The van der Waals surface area contributed by atoms with Crippen LogP contribution in [0.4, 0.5) is 8.78 Å². The molecule has 1 rings (SSSR count). The molecule has 0 heterocycles. The maximum Gasteiger partial charge on any atom is 0.243 e. The normalized spacial score (nSPS) is 13.2. The highest BCUT2D eigenvalue weighted by Crippen LogP contribution is 2.18. The van der Waals surface area contributed by atoms with Gasteiger partial charge in [0.1, 0.15) is 11.6 Å². The van der Waals surface area contributed by atoms with Gasteiger partial charge in [0.15, 0.2) is 0 Å². The first-order chi connectivity index (χ1) is 7.78. The van der Waals surface area contributed by atoms with E-state index < -0.39 is 32.6 Å². The van der Waals surface area contributed by atoms with E-state index in [9.17, 15) is 17.2 Å². The summed E-state index contributed by atoms with van der Waals surface area (Å²) in [6.45, 7) is 1.72. The van der Waals surface area contributed by atoms with Gasteiger partial charge in [-0.05, 0) is 19.1 Å². The molecule has 4 nitrogen and oxygen atoms in total. The summed E-state index contributed by atoms with van der Waals surface area (Å²) in [5.74, 6) is -1.87. The zero-order chi connectivity index (χ0) is 13.2. The minimum Gasteiger partial charge on any atom is -0.329 e. The Bertz CT molecular complexity index is 490. The number of benzene rings is 1. The van der Waals surface area contributed by atoms with Gasteiger partial charge in [-0.25, -0.2) is 17.2 Å². The SMILES string of the molecule is CC(CN)N(C)S(=O)(=O)c1cc(F)cc(F)c1.Cl. The molecule has 8 heteroatoms. The lowest BCUT2D eigenvalue weighted by atomic mass is 10.3. The number of hydrogen-bond donors (Lipinski definition) is 1. The van der Waals surface area contributed by atoms with Crippen molar-refractivity contribution in [3.05, 3.63) is 29.8 Å². The number of nitrogens with two attached hydrogens (primary N) is 1. The number of likely N-dealkylation sites (N-methyl/N-ethyl adjacent to an activating group) is 1. The van der Waals surface area contributed by atoms with E-state index in [-0.39, 0.29) is 19.0 Å². The van der Waals surface area contributed by atoms with E-state index in [1.807, 2.05) is 0 Å². The average Bonchev–Trinajstić information content (AvgIpc) is 2.25. The topological polar surface area (TPSA) is 63.4 Å². The molecule has 1 atom stereocenters. The lowest BCUT2D eigenvalue weighted by Crippen LogP contribution is -2.39. The summed E-state index contributed by atoms with van der Waals surface area (Å²) in [6.07, 6.45) is 0. The van der Waals surface area contributed by atoms with Crippen molar-refractivity contribution in [3.63, 3.8) is 0 Å². The van der Waals surface area contributed by atoms with Crippen LogP contribution < -0.4 is 5.73 Å². The van der Waals surface area contributed by atoms with Crippen LogP contribution >= 0.6 is 12.4 Å². The van der Waals surface area contributed by atoms with Crippen LogP contribution in [-0.2, 0) is 10.0 Å². The third kappa shape index (κ3) is 3.61. The van der Waals surface area contributed by atoms with E-state index in [0.29, 0.717) is 6.07 Å². The van der Waals surface area contributed by atoms with E-state index >= 15 is 0 Å². The van der Waals surface area contributed by atoms with E-state index in [2.05, 4.69) is 0 Å². The monoisotopic (exact) mass is 300 g/mol. The first kappa shape index (κ1) is 17.2. The molecule has 0 aliphatic carbocycles. The Hall–Kier alpha value is -0.760. The maximum absolute atomic E-state index is 13.0. The quantitative estimate of drug-likeness (QED) is 0.913. The molecule has 0 spiro atoms. The van der Waals surface area contributed by atoms with Crippen LogP contribution in [0, 0.1) is 11.6 Å². The Kier molecular flexibility index (Phi) is 6.15. The van der Waals surface area contributed by atoms with E-state index in [0.717, 1.165) is 16.4 Å². The number of nitrogens with zero attached hydrogens (tertiary/aromatic N) is 1. The van der Waals surface area contributed by atoms with Gasteiger partial charge in [-0.15, -0.1) is 12.4 Å².